The zero-order chi connectivity index (χ0) is 25.2. The normalized spacial score (nSPS) is 11.5. The molecule has 4 rings (SSSR count). The summed E-state index contributed by atoms with van der Waals surface area (Å²) in [6.07, 6.45) is 2.65. The molecule has 4 aromatic rings. The van der Waals surface area contributed by atoms with E-state index in [-0.39, 0.29) is 28.5 Å². The molecule has 0 radical (unpaired) electrons. The number of fused-ring (bicyclic) bond motifs is 1. The van der Waals surface area contributed by atoms with Crippen molar-refractivity contribution in [1.29, 1.82) is 0 Å². The van der Waals surface area contributed by atoms with Crippen LogP contribution in [0, 0.1) is 6.92 Å². The van der Waals surface area contributed by atoms with E-state index in [4.69, 9.17) is 0 Å². The van der Waals surface area contributed by atoms with Crippen LogP contribution < -0.4 is 10.6 Å². The lowest BCUT2D eigenvalue weighted by Crippen LogP contribution is -2.22. The molecule has 0 unspecified atom stereocenters. The van der Waals surface area contributed by atoms with Gasteiger partial charge in [0.15, 0.2) is 9.84 Å². The van der Waals surface area contributed by atoms with Gasteiger partial charge in [-0.3, -0.25) is 19.0 Å². The Morgan fingerprint density at radius 3 is 2.37 bits per heavy atom. The number of amides is 2. The first-order valence-electron chi connectivity index (χ1n) is 11.1. The number of hydrogen-bond acceptors (Lipinski definition) is 6. The van der Waals surface area contributed by atoms with E-state index in [0.717, 1.165) is 16.5 Å². The molecule has 0 fully saturated rings. The summed E-state index contributed by atoms with van der Waals surface area (Å²) in [5.41, 5.74) is 1.69. The standard InChI is InChI=1S/C24H26N6O4S/c1-4-30-23(24(32)28-20-14-25-29(3)16(20)2)21(15-26-30)27-22(31)11-12-35(33,34)19-10-9-17-7-5-6-8-18(17)13-19/h5-10,13-15H,4,11-12H2,1-3H3,(H,27,31)(H,28,32). The van der Waals surface area contributed by atoms with E-state index in [2.05, 4.69) is 20.8 Å². The predicted molar refractivity (Wildman–Crippen MR) is 133 cm³/mol. The molecule has 0 aliphatic rings. The first-order chi connectivity index (χ1) is 16.7. The molecular formula is C24H26N6O4S. The average Bonchev–Trinajstić information content (AvgIpc) is 3.40. The Hall–Kier alpha value is -3.99. The fourth-order valence-corrected chi connectivity index (χ4v) is 4.95. The molecule has 2 heterocycles. The third-order valence-electron chi connectivity index (χ3n) is 5.79. The number of rotatable bonds is 8. The van der Waals surface area contributed by atoms with E-state index in [9.17, 15) is 18.0 Å². The molecular weight excluding hydrogens is 468 g/mol. The Labute approximate surface area is 202 Å². The van der Waals surface area contributed by atoms with Gasteiger partial charge < -0.3 is 10.6 Å². The molecule has 0 aliphatic carbocycles. The first kappa shape index (κ1) is 24.1. The van der Waals surface area contributed by atoms with Crippen molar-refractivity contribution in [3.63, 3.8) is 0 Å². The van der Waals surface area contributed by atoms with E-state index in [1.807, 2.05) is 38.1 Å². The van der Waals surface area contributed by atoms with E-state index in [1.165, 1.54) is 17.1 Å². The van der Waals surface area contributed by atoms with Gasteiger partial charge in [0.1, 0.15) is 5.69 Å². The number of benzene rings is 2. The number of nitrogens with one attached hydrogen (secondary N) is 2. The fraction of sp³-hybridized carbons (Fsp3) is 0.250. The maximum atomic E-state index is 13.0. The van der Waals surface area contributed by atoms with Crippen LogP contribution in [0.25, 0.3) is 10.8 Å². The van der Waals surface area contributed by atoms with Gasteiger partial charge >= 0.3 is 0 Å². The summed E-state index contributed by atoms with van der Waals surface area (Å²) in [5.74, 6) is -1.36. The highest BCUT2D eigenvalue weighted by molar-refractivity contribution is 7.91. The van der Waals surface area contributed by atoms with Gasteiger partial charge in [0.25, 0.3) is 5.91 Å². The van der Waals surface area contributed by atoms with E-state index < -0.39 is 21.7 Å². The first-order valence-corrected chi connectivity index (χ1v) is 12.7. The monoisotopic (exact) mass is 494 g/mol. The Kier molecular flexibility index (Phi) is 6.70. The summed E-state index contributed by atoms with van der Waals surface area (Å²) in [6.45, 7) is 4.04. The van der Waals surface area contributed by atoms with Crippen molar-refractivity contribution in [3.8, 4) is 0 Å². The maximum absolute atomic E-state index is 13.0. The molecule has 0 spiro atoms. The molecule has 182 valence electrons. The molecule has 0 saturated carbocycles. The van der Waals surface area contributed by atoms with E-state index in [0.29, 0.717) is 12.2 Å². The summed E-state index contributed by atoms with van der Waals surface area (Å²) >= 11 is 0. The molecule has 2 aromatic carbocycles. The van der Waals surface area contributed by atoms with Gasteiger partial charge in [0.2, 0.25) is 5.91 Å². The van der Waals surface area contributed by atoms with Crippen LogP contribution in [-0.2, 0) is 28.2 Å². The van der Waals surface area contributed by atoms with Gasteiger partial charge in [-0.1, -0.05) is 30.3 Å². The second-order valence-electron chi connectivity index (χ2n) is 8.07. The van der Waals surface area contributed by atoms with Crippen molar-refractivity contribution in [3.05, 3.63) is 66.2 Å². The van der Waals surface area contributed by atoms with E-state index in [1.54, 1.807) is 29.9 Å². The molecule has 2 amide bonds. The highest BCUT2D eigenvalue weighted by Crippen LogP contribution is 2.22. The fourth-order valence-electron chi connectivity index (χ4n) is 3.68. The number of anilines is 2. The minimum Gasteiger partial charge on any atom is -0.323 e. The Balaban J connectivity index is 1.46. The molecule has 0 saturated heterocycles. The van der Waals surface area contributed by atoms with Crippen LogP contribution in [-0.4, -0.2) is 45.5 Å². The zero-order valence-electron chi connectivity index (χ0n) is 19.6. The van der Waals surface area contributed by atoms with Gasteiger partial charge in [-0.15, -0.1) is 0 Å². The second kappa shape index (κ2) is 9.71. The quantitative estimate of drug-likeness (QED) is 0.387. The van der Waals surface area contributed by atoms with Crippen LogP contribution in [0.4, 0.5) is 11.4 Å². The summed E-state index contributed by atoms with van der Waals surface area (Å²) in [7, 11) is -1.92. The van der Waals surface area contributed by atoms with Gasteiger partial charge in [-0.05, 0) is 36.8 Å². The highest BCUT2D eigenvalue weighted by atomic mass is 32.2. The third kappa shape index (κ3) is 5.09. The van der Waals surface area contributed by atoms with Crippen LogP contribution >= 0.6 is 0 Å². The zero-order valence-corrected chi connectivity index (χ0v) is 20.5. The van der Waals surface area contributed by atoms with Gasteiger partial charge in [0.05, 0.1) is 40.1 Å². The number of sulfone groups is 1. The van der Waals surface area contributed by atoms with E-state index >= 15 is 0 Å². The second-order valence-corrected chi connectivity index (χ2v) is 10.2. The highest BCUT2D eigenvalue weighted by Gasteiger charge is 2.22. The van der Waals surface area contributed by atoms with Crippen molar-refractivity contribution in [2.75, 3.05) is 16.4 Å². The lowest BCUT2D eigenvalue weighted by molar-refractivity contribution is -0.115. The van der Waals surface area contributed by atoms with Crippen molar-refractivity contribution in [2.24, 2.45) is 7.05 Å². The summed E-state index contributed by atoms with van der Waals surface area (Å²) < 4.78 is 28.7. The number of aryl methyl sites for hydroxylation is 2. The minimum atomic E-state index is -3.68. The smallest absolute Gasteiger partial charge is 0.276 e. The largest absolute Gasteiger partial charge is 0.323 e. The molecule has 0 aliphatic heterocycles. The van der Waals surface area contributed by atoms with Crippen molar-refractivity contribution in [1.82, 2.24) is 19.6 Å². The molecule has 2 aromatic heterocycles. The number of carbonyl (C=O) groups is 2. The predicted octanol–water partition coefficient (Wildman–Crippen LogP) is 3.15. The number of hydrogen-bond donors (Lipinski definition) is 2. The van der Waals surface area contributed by atoms with Crippen LogP contribution in [0.1, 0.15) is 29.5 Å². The molecule has 2 N–H and O–H groups in total. The Morgan fingerprint density at radius 1 is 0.971 bits per heavy atom. The van der Waals surface area contributed by atoms with Crippen LogP contribution in [0.3, 0.4) is 0 Å². The average molecular weight is 495 g/mol. The lowest BCUT2D eigenvalue weighted by Gasteiger charge is -2.10. The molecule has 0 atom stereocenters. The van der Waals surface area contributed by atoms with Gasteiger partial charge in [-0.2, -0.15) is 10.2 Å². The Morgan fingerprint density at radius 2 is 1.69 bits per heavy atom. The third-order valence-corrected chi connectivity index (χ3v) is 7.50. The molecule has 35 heavy (non-hydrogen) atoms. The van der Waals surface area contributed by atoms with Crippen molar-refractivity contribution >= 4 is 43.8 Å². The molecule has 10 nitrogen and oxygen atoms in total. The van der Waals surface area contributed by atoms with Crippen LogP contribution in [0.5, 0.6) is 0 Å². The lowest BCUT2D eigenvalue weighted by atomic mass is 10.1. The summed E-state index contributed by atoms with van der Waals surface area (Å²) in [4.78, 5) is 25.8. The number of aromatic nitrogens is 4. The number of nitrogens with zero attached hydrogens (tertiary/aromatic N) is 4. The maximum Gasteiger partial charge on any atom is 0.276 e. The molecule has 11 heteroatoms. The Bertz CT molecular complexity index is 1520. The van der Waals surface area contributed by atoms with Crippen molar-refractivity contribution in [2.45, 2.75) is 31.7 Å². The summed E-state index contributed by atoms with van der Waals surface area (Å²) in [6, 6.07) is 12.4. The van der Waals surface area contributed by atoms with Crippen LogP contribution in [0.2, 0.25) is 0 Å². The molecule has 0 bridgehead atoms. The minimum absolute atomic E-state index is 0.162. The van der Waals surface area contributed by atoms with Gasteiger partial charge in [-0.25, -0.2) is 8.42 Å². The van der Waals surface area contributed by atoms with Gasteiger partial charge in [0, 0.05) is 20.0 Å². The SMILES string of the molecule is CCn1ncc(NC(=O)CCS(=O)(=O)c2ccc3ccccc3c2)c1C(=O)Nc1cnn(C)c1C. The number of carbonyl (C=O) groups excluding carboxylic acids is 2. The van der Waals surface area contributed by atoms with Crippen LogP contribution in [0.15, 0.2) is 59.8 Å². The van der Waals surface area contributed by atoms with Crippen molar-refractivity contribution < 1.29 is 18.0 Å². The topological polar surface area (TPSA) is 128 Å². The summed E-state index contributed by atoms with van der Waals surface area (Å²) in [5, 5.41) is 15.4.